The van der Waals surface area contributed by atoms with Crippen LogP contribution in [0.2, 0.25) is 0 Å². The predicted octanol–water partition coefficient (Wildman–Crippen LogP) is 3.22. The number of aliphatic hydroxyl groups excluding tert-OH is 1. The number of rotatable bonds is 8. The highest BCUT2D eigenvalue weighted by atomic mass is 32.2. The molecule has 0 aliphatic carbocycles. The molecule has 1 aromatic rings. The lowest BCUT2D eigenvalue weighted by molar-refractivity contribution is 0.296. The lowest BCUT2D eigenvalue weighted by Gasteiger charge is -2.11. The third-order valence-corrected chi connectivity index (χ3v) is 3.83. The Morgan fingerprint density at radius 2 is 2.11 bits per heavy atom. The minimum Gasteiger partial charge on any atom is -0.396 e. The highest BCUT2D eigenvalue weighted by Crippen LogP contribution is 2.21. The van der Waals surface area contributed by atoms with E-state index >= 15 is 0 Å². The Bertz CT molecular complexity index is 352. The van der Waals surface area contributed by atoms with Crippen molar-refractivity contribution in [2.75, 3.05) is 18.9 Å². The molecule has 0 aliphatic rings. The molecule has 0 spiro atoms. The van der Waals surface area contributed by atoms with E-state index in [2.05, 4.69) is 44.3 Å². The summed E-state index contributed by atoms with van der Waals surface area (Å²) in [6, 6.07) is 6.64. The molecule has 102 valence electrons. The highest BCUT2D eigenvalue weighted by Gasteiger charge is 2.01. The fourth-order valence-corrected chi connectivity index (χ4v) is 2.64. The summed E-state index contributed by atoms with van der Waals surface area (Å²) in [6.45, 7) is 8.91. The molecule has 0 aliphatic heterocycles. The molecule has 0 radical (unpaired) electrons. The van der Waals surface area contributed by atoms with Crippen molar-refractivity contribution in [2.45, 2.75) is 38.6 Å². The first kappa shape index (κ1) is 15.5. The summed E-state index contributed by atoms with van der Waals surface area (Å²) >= 11 is 1.82. The number of hydrogen-bond donors (Lipinski definition) is 2. The van der Waals surface area contributed by atoms with Gasteiger partial charge in [-0.1, -0.05) is 19.9 Å². The van der Waals surface area contributed by atoms with E-state index in [-0.39, 0.29) is 6.61 Å². The molecule has 1 aromatic carbocycles. The predicted molar refractivity (Wildman–Crippen MR) is 80.2 cm³/mol. The van der Waals surface area contributed by atoms with E-state index in [0.29, 0.717) is 5.92 Å². The Morgan fingerprint density at radius 1 is 1.33 bits per heavy atom. The molecule has 0 unspecified atom stereocenters. The standard InChI is InChI=1S/C15H25NOS/c1-12(2)10-16-11-14-5-6-15(9-13(14)3)18-8-4-7-17/h5-6,9,12,16-17H,4,7-8,10-11H2,1-3H3. The summed E-state index contributed by atoms with van der Waals surface area (Å²) in [5.41, 5.74) is 2.72. The second kappa shape index (κ2) is 8.57. The van der Waals surface area contributed by atoms with Crippen molar-refractivity contribution >= 4 is 11.8 Å². The van der Waals surface area contributed by atoms with Gasteiger partial charge in [0.05, 0.1) is 0 Å². The van der Waals surface area contributed by atoms with E-state index in [1.165, 1.54) is 16.0 Å². The van der Waals surface area contributed by atoms with Gasteiger partial charge in [0, 0.05) is 23.8 Å². The van der Waals surface area contributed by atoms with Gasteiger partial charge in [0.25, 0.3) is 0 Å². The smallest absolute Gasteiger partial charge is 0.0439 e. The largest absolute Gasteiger partial charge is 0.396 e. The van der Waals surface area contributed by atoms with Crippen molar-refractivity contribution < 1.29 is 5.11 Å². The van der Waals surface area contributed by atoms with Crippen molar-refractivity contribution in [3.05, 3.63) is 29.3 Å². The van der Waals surface area contributed by atoms with E-state index < -0.39 is 0 Å². The van der Waals surface area contributed by atoms with Crippen molar-refractivity contribution in [3.8, 4) is 0 Å². The van der Waals surface area contributed by atoms with Crippen LogP contribution in [0.25, 0.3) is 0 Å². The van der Waals surface area contributed by atoms with Crippen LogP contribution in [0.1, 0.15) is 31.4 Å². The summed E-state index contributed by atoms with van der Waals surface area (Å²) in [6.07, 6.45) is 0.863. The molecule has 2 nitrogen and oxygen atoms in total. The van der Waals surface area contributed by atoms with Crippen LogP contribution < -0.4 is 5.32 Å². The SMILES string of the molecule is Cc1cc(SCCCO)ccc1CNCC(C)C. The molecule has 0 bridgehead atoms. The van der Waals surface area contributed by atoms with Crippen LogP contribution in [0.5, 0.6) is 0 Å². The molecule has 0 heterocycles. The van der Waals surface area contributed by atoms with Gasteiger partial charge in [0.2, 0.25) is 0 Å². The maximum Gasteiger partial charge on any atom is 0.0439 e. The van der Waals surface area contributed by atoms with E-state index in [9.17, 15) is 0 Å². The first-order valence-corrected chi connectivity index (χ1v) is 7.66. The Balaban J connectivity index is 2.46. The Hall–Kier alpha value is -0.510. The van der Waals surface area contributed by atoms with Crippen LogP contribution in [-0.4, -0.2) is 24.0 Å². The third-order valence-electron chi connectivity index (χ3n) is 2.75. The average Bonchev–Trinajstić information content (AvgIpc) is 2.32. The van der Waals surface area contributed by atoms with Crippen molar-refractivity contribution in [1.29, 1.82) is 0 Å². The summed E-state index contributed by atoms with van der Waals surface area (Å²) < 4.78 is 0. The van der Waals surface area contributed by atoms with Gasteiger partial charge in [0.15, 0.2) is 0 Å². The number of hydrogen-bond acceptors (Lipinski definition) is 3. The van der Waals surface area contributed by atoms with Crippen molar-refractivity contribution in [1.82, 2.24) is 5.32 Å². The van der Waals surface area contributed by atoms with Crippen molar-refractivity contribution in [2.24, 2.45) is 5.92 Å². The third kappa shape index (κ3) is 5.89. The van der Waals surface area contributed by atoms with Gasteiger partial charge in [-0.25, -0.2) is 0 Å². The number of aryl methyl sites for hydroxylation is 1. The molecular weight excluding hydrogens is 242 g/mol. The number of benzene rings is 1. The molecule has 0 aromatic heterocycles. The minimum absolute atomic E-state index is 0.281. The number of thioether (sulfide) groups is 1. The number of nitrogens with one attached hydrogen (secondary N) is 1. The van der Waals surface area contributed by atoms with Gasteiger partial charge >= 0.3 is 0 Å². The molecule has 18 heavy (non-hydrogen) atoms. The lowest BCUT2D eigenvalue weighted by atomic mass is 10.1. The maximum atomic E-state index is 8.76. The van der Waals surface area contributed by atoms with Crippen LogP contribution in [0.3, 0.4) is 0 Å². The zero-order valence-electron chi connectivity index (χ0n) is 11.7. The average molecular weight is 267 g/mol. The topological polar surface area (TPSA) is 32.3 Å². The second-order valence-corrected chi connectivity index (χ2v) is 6.21. The minimum atomic E-state index is 0.281. The summed E-state index contributed by atoms with van der Waals surface area (Å²) in [5, 5.41) is 12.2. The normalized spacial score (nSPS) is 11.2. The fourth-order valence-electron chi connectivity index (χ4n) is 1.71. The van der Waals surface area contributed by atoms with Crippen LogP contribution in [0.4, 0.5) is 0 Å². The highest BCUT2D eigenvalue weighted by molar-refractivity contribution is 7.99. The molecular formula is C15H25NOS. The van der Waals surface area contributed by atoms with Gasteiger partial charge < -0.3 is 10.4 Å². The van der Waals surface area contributed by atoms with E-state index in [4.69, 9.17) is 5.11 Å². The van der Waals surface area contributed by atoms with Crippen LogP contribution in [-0.2, 0) is 6.54 Å². The van der Waals surface area contributed by atoms with Crippen LogP contribution in [0, 0.1) is 12.8 Å². The molecule has 0 fully saturated rings. The van der Waals surface area contributed by atoms with E-state index in [0.717, 1.165) is 25.3 Å². The Morgan fingerprint density at radius 3 is 2.72 bits per heavy atom. The summed E-state index contributed by atoms with van der Waals surface area (Å²) in [5.74, 6) is 1.68. The molecule has 0 saturated carbocycles. The molecule has 1 rings (SSSR count). The van der Waals surface area contributed by atoms with Gasteiger partial charge in [-0.05, 0) is 49.1 Å². The maximum absolute atomic E-state index is 8.76. The zero-order chi connectivity index (χ0) is 13.4. The molecule has 0 amide bonds. The van der Waals surface area contributed by atoms with Crippen LogP contribution in [0.15, 0.2) is 23.1 Å². The Kier molecular flexibility index (Phi) is 7.40. The van der Waals surface area contributed by atoms with Gasteiger partial charge in [-0.3, -0.25) is 0 Å². The molecule has 3 heteroatoms. The monoisotopic (exact) mass is 267 g/mol. The van der Waals surface area contributed by atoms with E-state index in [1.807, 2.05) is 11.8 Å². The number of aliphatic hydroxyl groups is 1. The summed E-state index contributed by atoms with van der Waals surface area (Å²) in [7, 11) is 0. The van der Waals surface area contributed by atoms with Gasteiger partial charge in [0.1, 0.15) is 0 Å². The van der Waals surface area contributed by atoms with Gasteiger partial charge in [-0.2, -0.15) is 0 Å². The molecule has 2 N–H and O–H groups in total. The molecule has 0 atom stereocenters. The zero-order valence-corrected chi connectivity index (χ0v) is 12.5. The van der Waals surface area contributed by atoms with Crippen molar-refractivity contribution in [3.63, 3.8) is 0 Å². The molecule has 0 saturated heterocycles. The first-order chi connectivity index (χ1) is 8.63. The van der Waals surface area contributed by atoms with E-state index in [1.54, 1.807) is 0 Å². The van der Waals surface area contributed by atoms with Gasteiger partial charge in [-0.15, -0.1) is 11.8 Å². The Labute approximate surface area is 115 Å². The quantitative estimate of drug-likeness (QED) is 0.560. The fraction of sp³-hybridized carbons (Fsp3) is 0.600. The second-order valence-electron chi connectivity index (χ2n) is 5.04. The van der Waals surface area contributed by atoms with Crippen LogP contribution >= 0.6 is 11.8 Å². The lowest BCUT2D eigenvalue weighted by Crippen LogP contribution is -2.19. The summed E-state index contributed by atoms with van der Waals surface area (Å²) in [4.78, 5) is 1.30. The first-order valence-electron chi connectivity index (χ1n) is 6.67.